The van der Waals surface area contributed by atoms with Crippen LogP contribution >= 0.6 is 0 Å². The van der Waals surface area contributed by atoms with Crippen LogP contribution in [0.2, 0.25) is 0 Å². The molecule has 2 heterocycles. The number of nitrogens with one attached hydrogen (secondary N) is 1. The third-order valence-corrected chi connectivity index (χ3v) is 10.6. The van der Waals surface area contributed by atoms with E-state index in [1.54, 1.807) is 43.3 Å². The number of ketones is 1. The molecular formula is C40H43FN2O6S. The highest BCUT2D eigenvalue weighted by molar-refractivity contribution is 7.84. The second kappa shape index (κ2) is 14.1. The lowest BCUT2D eigenvalue weighted by Gasteiger charge is -2.31. The second-order valence-corrected chi connectivity index (χ2v) is 16.1. The SMILES string of the molecule is COc1cc(C(=O)CCC(C)(O)c2cc3c(c(-c4ccc(F)cc4)n2)OCC3(/C=C/c2ccccc2)NS(=O)C(C)(C)C)ccc1OC1CC1. The van der Waals surface area contributed by atoms with Gasteiger partial charge in [0.15, 0.2) is 23.0 Å². The fourth-order valence-corrected chi connectivity index (χ4v) is 6.54. The number of carbonyl (C=O) groups is 1. The molecular weight excluding hydrogens is 656 g/mol. The molecule has 2 aliphatic rings. The van der Waals surface area contributed by atoms with Crippen molar-refractivity contribution in [3.05, 3.63) is 113 Å². The number of benzene rings is 3. The van der Waals surface area contributed by atoms with Gasteiger partial charge in [-0.2, -0.15) is 0 Å². The first-order valence-electron chi connectivity index (χ1n) is 16.8. The van der Waals surface area contributed by atoms with Gasteiger partial charge in [-0.05, 0) is 101 Å². The Morgan fingerprint density at radius 2 is 1.78 bits per heavy atom. The number of aromatic nitrogens is 1. The van der Waals surface area contributed by atoms with Gasteiger partial charge in [0.05, 0.1) is 34.6 Å². The molecule has 4 aromatic rings. The molecule has 2 N–H and O–H groups in total. The Bertz CT molecular complexity index is 1920. The van der Waals surface area contributed by atoms with Crippen LogP contribution in [0.4, 0.5) is 4.39 Å². The zero-order valence-electron chi connectivity index (χ0n) is 29.0. The first-order chi connectivity index (χ1) is 23.8. The first-order valence-corrected chi connectivity index (χ1v) is 17.9. The van der Waals surface area contributed by atoms with Crippen LogP contribution in [0.3, 0.4) is 0 Å². The third kappa shape index (κ3) is 7.83. The summed E-state index contributed by atoms with van der Waals surface area (Å²) in [6, 6.07) is 22.5. The van der Waals surface area contributed by atoms with E-state index in [9.17, 15) is 18.5 Å². The normalized spacial score (nSPS) is 19.0. The van der Waals surface area contributed by atoms with Gasteiger partial charge >= 0.3 is 0 Å². The Kier molecular flexibility index (Phi) is 9.99. The molecule has 50 heavy (non-hydrogen) atoms. The maximum absolute atomic E-state index is 14.0. The summed E-state index contributed by atoms with van der Waals surface area (Å²) in [7, 11) is 0.0121. The minimum Gasteiger partial charge on any atom is -0.493 e. The van der Waals surface area contributed by atoms with E-state index in [1.165, 1.54) is 19.2 Å². The van der Waals surface area contributed by atoms with E-state index in [2.05, 4.69) is 4.72 Å². The Hall–Kier alpha value is -4.38. The fourth-order valence-electron chi connectivity index (χ4n) is 5.66. The molecule has 262 valence electrons. The lowest BCUT2D eigenvalue weighted by molar-refractivity contribution is 0.0396. The lowest BCUT2D eigenvalue weighted by atomic mass is 9.86. The summed E-state index contributed by atoms with van der Waals surface area (Å²) in [6.07, 6.45) is 6.12. The molecule has 10 heteroatoms. The van der Waals surface area contributed by atoms with Crippen molar-refractivity contribution < 1.29 is 32.7 Å². The van der Waals surface area contributed by atoms with Crippen molar-refractivity contribution >= 4 is 22.8 Å². The standard InChI is InChI=1S/C40H43FN2O6S/c1-38(2,3)50(46)43-40(22-19-26-9-7-6-8-10-26)25-48-37-31(40)24-35(42-36(37)27-11-14-29(41)15-12-27)39(4,45)21-20-32(44)28-13-18-33(34(23-28)47-5)49-30-16-17-30/h6-15,18-19,22-24,30,43,45H,16-17,20-21,25H2,1-5H3/b22-19+. The van der Waals surface area contributed by atoms with Gasteiger partial charge < -0.3 is 19.3 Å². The maximum Gasteiger partial charge on any atom is 0.163 e. The van der Waals surface area contributed by atoms with Gasteiger partial charge in [0.1, 0.15) is 29.3 Å². The average molecular weight is 699 g/mol. The third-order valence-electron chi connectivity index (χ3n) is 8.90. The molecule has 0 saturated heterocycles. The van der Waals surface area contributed by atoms with Crippen molar-refractivity contribution in [2.24, 2.45) is 0 Å². The molecule has 0 bridgehead atoms. The highest BCUT2D eigenvalue weighted by atomic mass is 32.2. The van der Waals surface area contributed by atoms with Gasteiger partial charge in [0, 0.05) is 23.1 Å². The van der Waals surface area contributed by atoms with E-state index in [-0.39, 0.29) is 31.3 Å². The lowest BCUT2D eigenvalue weighted by Crippen LogP contribution is -2.48. The molecule has 1 aromatic heterocycles. The largest absolute Gasteiger partial charge is 0.493 e. The number of hydrogen-bond acceptors (Lipinski definition) is 7. The van der Waals surface area contributed by atoms with E-state index < -0.39 is 32.7 Å². The summed E-state index contributed by atoms with van der Waals surface area (Å²) in [5.74, 6) is 0.941. The van der Waals surface area contributed by atoms with Crippen LogP contribution in [0, 0.1) is 5.82 Å². The molecule has 3 atom stereocenters. The average Bonchev–Trinajstić information content (AvgIpc) is 3.85. The topological polar surface area (TPSA) is 107 Å². The van der Waals surface area contributed by atoms with Crippen molar-refractivity contribution in [3.63, 3.8) is 0 Å². The zero-order valence-corrected chi connectivity index (χ0v) is 29.8. The Labute approximate surface area is 295 Å². The molecule has 0 spiro atoms. The highest BCUT2D eigenvalue weighted by Gasteiger charge is 2.45. The molecule has 1 fully saturated rings. The van der Waals surface area contributed by atoms with E-state index in [1.807, 2.05) is 63.3 Å². The van der Waals surface area contributed by atoms with Gasteiger partial charge in [0.25, 0.3) is 0 Å². The molecule has 0 radical (unpaired) electrons. The monoisotopic (exact) mass is 698 g/mol. The van der Waals surface area contributed by atoms with Gasteiger partial charge in [-0.15, -0.1) is 0 Å². The Morgan fingerprint density at radius 1 is 1.06 bits per heavy atom. The zero-order chi connectivity index (χ0) is 35.7. The summed E-state index contributed by atoms with van der Waals surface area (Å²) in [5, 5.41) is 12.0. The van der Waals surface area contributed by atoms with E-state index in [0.717, 1.165) is 18.4 Å². The number of rotatable bonds is 13. The second-order valence-electron chi connectivity index (χ2n) is 14.1. The smallest absolute Gasteiger partial charge is 0.163 e. The predicted molar refractivity (Wildman–Crippen MR) is 193 cm³/mol. The number of hydrogen-bond donors (Lipinski definition) is 2. The summed E-state index contributed by atoms with van der Waals surface area (Å²) >= 11 is 0. The predicted octanol–water partition coefficient (Wildman–Crippen LogP) is 7.66. The number of pyridine rings is 1. The summed E-state index contributed by atoms with van der Waals surface area (Å²) in [6.45, 7) is 7.36. The molecule has 8 nitrogen and oxygen atoms in total. The molecule has 0 amide bonds. The Morgan fingerprint density at radius 3 is 2.44 bits per heavy atom. The summed E-state index contributed by atoms with van der Waals surface area (Å²) in [4.78, 5) is 18.3. The van der Waals surface area contributed by atoms with Crippen LogP contribution in [0.25, 0.3) is 17.3 Å². The van der Waals surface area contributed by atoms with E-state index in [4.69, 9.17) is 19.2 Å². The number of Topliss-reactive ketones (excluding diaryl/α,β-unsaturated/α-hetero) is 1. The molecule has 3 unspecified atom stereocenters. The van der Waals surface area contributed by atoms with Crippen molar-refractivity contribution in [1.29, 1.82) is 0 Å². The van der Waals surface area contributed by atoms with Crippen molar-refractivity contribution in [1.82, 2.24) is 9.71 Å². The van der Waals surface area contributed by atoms with Gasteiger partial charge in [-0.1, -0.05) is 42.5 Å². The number of nitrogens with zero attached hydrogens (tertiary/aromatic N) is 1. The van der Waals surface area contributed by atoms with E-state index >= 15 is 0 Å². The van der Waals surface area contributed by atoms with Crippen LogP contribution in [0.1, 0.15) is 80.6 Å². The number of methoxy groups -OCH3 is 1. The first kappa shape index (κ1) is 35.4. The fraction of sp³-hybridized carbons (Fsp3) is 0.350. The van der Waals surface area contributed by atoms with Crippen molar-refractivity contribution in [2.45, 2.75) is 75.4 Å². The van der Waals surface area contributed by atoms with Crippen LogP contribution in [-0.2, 0) is 22.1 Å². The Balaban J connectivity index is 1.38. The van der Waals surface area contributed by atoms with Gasteiger partial charge in [-0.3, -0.25) is 4.79 Å². The van der Waals surface area contributed by atoms with Crippen LogP contribution < -0.4 is 18.9 Å². The molecule has 3 aromatic carbocycles. The van der Waals surface area contributed by atoms with Crippen molar-refractivity contribution in [2.75, 3.05) is 13.7 Å². The number of carbonyl (C=O) groups excluding carboxylic acids is 1. The number of fused-ring (bicyclic) bond motifs is 1. The number of aliphatic hydroxyl groups is 1. The van der Waals surface area contributed by atoms with E-state index in [0.29, 0.717) is 45.3 Å². The minimum atomic E-state index is -1.57. The number of ether oxygens (including phenoxy) is 3. The molecule has 1 aliphatic heterocycles. The molecule has 6 rings (SSSR count). The molecule has 1 saturated carbocycles. The maximum atomic E-state index is 14.0. The highest BCUT2D eigenvalue weighted by Crippen LogP contribution is 2.46. The van der Waals surface area contributed by atoms with Crippen molar-refractivity contribution in [3.8, 4) is 28.5 Å². The van der Waals surface area contributed by atoms with Gasteiger partial charge in [0.2, 0.25) is 0 Å². The summed E-state index contributed by atoms with van der Waals surface area (Å²) in [5.41, 5.74) is 0.625. The van der Waals surface area contributed by atoms with Crippen LogP contribution in [0.5, 0.6) is 17.2 Å². The minimum absolute atomic E-state index is 0.0193. The van der Waals surface area contributed by atoms with Crippen LogP contribution in [-0.4, -0.2) is 44.7 Å². The quantitative estimate of drug-likeness (QED) is 0.138. The van der Waals surface area contributed by atoms with Gasteiger partial charge in [-0.25, -0.2) is 18.3 Å². The number of halogens is 1. The summed E-state index contributed by atoms with van der Waals surface area (Å²) < 4.78 is 48.2. The van der Waals surface area contributed by atoms with Crippen LogP contribution in [0.15, 0.2) is 84.9 Å². The molecule has 1 aliphatic carbocycles.